The number of thiol groups is 1. The number of amides is 1. The Kier molecular flexibility index (Phi) is 3.76. The summed E-state index contributed by atoms with van der Waals surface area (Å²) in [5.41, 5.74) is 0.165. The molecule has 4 nitrogen and oxygen atoms in total. The summed E-state index contributed by atoms with van der Waals surface area (Å²) in [7, 11) is 0. The maximum atomic E-state index is 11.7. The van der Waals surface area contributed by atoms with Crippen molar-refractivity contribution in [3.63, 3.8) is 0 Å². The molecule has 5 heteroatoms. The SMILES string of the molecule is CCc1cnc(CNC(=O)CC2(CS)CC2)o1. The van der Waals surface area contributed by atoms with Crippen molar-refractivity contribution >= 4 is 18.5 Å². The van der Waals surface area contributed by atoms with Crippen LogP contribution in [0.1, 0.15) is 37.8 Å². The van der Waals surface area contributed by atoms with Gasteiger partial charge in [0.2, 0.25) is 11.8 Å². The summed E-state index contributed by atoms with van der Waals surface area (Å²) in [6.07, 6.45) is 5.32. The van der Waals surface area contributed by atoms with E-state index in [9.17, 15) is 4.79 Å². The van der Waals surface area contributed by atoms with Crippen molar-refractivity contribution in [2.24, 2.45) is 5.41 Å². The second-order valence-electron chi connectivity index (χ2n) is 4.69. The van der Waals surface area contributed by atoms with Gasteiger partial charge in [0.1, 0.15) is 5.76 Å². The number of carbonyl (C=O) groups excluding carboxylic acids is 1. The fourth-order valence-corrected chi connectivity index (χ4v) is 2.17. The second-order valence-corrected chi connectivity index (χ2v) is 5.00. The largest absolute Gasteiger partial charge is 0.444 e. The van der Waals surface area contributed by atoms with Crippen LogP contribution < -0.4 is 5.32 Å². The molecule has 1 aliphatic rings. The summed E-state index contributed by atoms with van der Waals surface area (Å²) < 4.78 is 5.41. The van der Waals surface area contributed by atoms with Gasteiger partial charge in [-0.15, -0.1) is 0 Å². The van der Waals surface area contributed by atoms with E-state index in [2.05, 4.69) is 22.9 Å². The van der Waals surface area contributed by atoms with E-state index in [0.717, 1.165) is 30.8 Å². The molecule has 0 unspecified atom stereocenters. The Morgan fingerprint density at radius 2 is 2.41 bits per heavy atom. The summed E-state index contributed by atoms with van der Waals surface area (Å²) in [4.78, 5) is 15.8. The van der Waals surface area contributed by atoms with Crippen molar-refractivity contribution < 1.29 is 9.21 Å². The normalized spacial score (nSPS) is 16.8. The van der Waals surface area contributed by atoms with Crippen LogP contribution in [0, 0.1) is 5.41 Å². The predicted molar refractivity (Wildman–Crippen MR) is 67.9 cm³/mol. The highest BCUT2D eigenvalue weighted by atomic mass is 32.1. The Hall–Kier alpha value is -0.970. The number of aromatic nitrogens is 1. The summed E-state index contributed by atoms with van der Waals surface area (Å²) in [6, 6.07) is 0. The molecule has 1 saturated carbocycles. The number of carbonyl (C=O) groups is 1. The molecule has 17 heavy (non-hydrogen) atoms. The smallest absolute Gasteiger partial charge is 0.221 e. The molecular weight excluding hydrogens is 236 g/mol. The molecule has 2 rings (SSSR count). The standard InChI is InChI=1S/C12H18N2O2S/c1-2-9-6-14-11(16-9)7-13-10(15)5-12(8-17)3-4-12/h6,17H,2-5,7-8H2,1H3,(H,13,15). The van der Waals surface area contributed by atoms with Crippen LogP contribution in [0.4, 0.5) is 0 Å². The number of hydrogen-bond acceptors (Lipinski definition) is 4. The number of oxazole rings is 1. The fraction of sp³-hybridized carbons (Fsp3) is 0.667. The summed E-state index contributed by atoms with van der Waals surface area (Å²) in [5, 5.41) is 2.84. The van der Waals surface area contributed by atoms with Crippen LogP contribution in [0.25, 0.3) is 0 Å². The zero-order chi connectivity index (χ0) is 12.3. The molecule has 94 valence electrons. The van der Waals surface area contributed by atoms with Gasteiger partial charge >= 0.3 is 0 Å². The maximum Gasteiger partial charge on any atom is 0.221 e. The first-order valence-corrected chi connectivity index (χ1v) is 6.62. The zero-order valence-corrected chi connectivity index (χ0v) is 10.9. The average molecular weight is 254 g/mol. The van der Waals surface area contributed by atoms with E-state index in [1.807, 2.05) is 6.92 Å². The van der Waals surface area contributed by atoms with Gasteiger partial charge in [-0.1, -0.05) is 6.92 Å². The van der Waals surface area contributed by atoms with Crippen LogP contribution >= 0.6 is 12.6 Å². The second kappa shape index (κ2) is 5.12. The van der Waals surface area contributed by atoms with Crippen LogP contribution in [-0.2, 0) is 17.8 Å². The van der Waals surface area contributed by atoms with E-state index in [1.165, 1.54) is 0 Å². The zero-order valence-electron chi connectivity index (χ0n) is 10.0. The highest BCUT2D eigenvalue weighted by Gasteiger charge is 2.42. The monoisotopic (exact) mass is 254 g/mol. The maximum absolute atomic E-state index is 11.7. The highest BCUT2D eigenvalue weighted by molar-refractivity contribution is 7.80. The first-order chi connectivity index (χ1) is 8.17. The van der Waals surface area contributed by atoms with Crippen LogP contribution in [0.15, 0.2) is 10.6 Å². The molecule has 0 spiro atoms. The third-order valence-corrected chi connectivity index (χ3v) is 3.89. The quantitative estimate of drug-likeness (QED) is 0.763. The molecule has 0 radical (unpaired) electrons. The van der Waals surface area contributed by atoms with E-state index in [1.54, 1.807) is 6.20 Å². The van der Waals surface area contributed by atoms with Gasteiger partial charge in [0.05, 0.1) is 12.7 Å². The highest BCUT2D eigenvalue weighted by Crippen LogP contribution is 2.49. The Morgan fingerprint density at radius 3 is 2.94 bits per heavy atom. The third kappa shape index (κ3) is 3.25. The van der Waals surface area contributed by atoms with Crippen molar-refractivity contribution in [2.45, 2.75) is 39.2 Å². The van der Waals surface area contributed by atoms with E-state index in [0.29, 0.717) is 18.9 Å². The van der Waals surface area contributed by atoms with Crippen molar-refractivity contribution in [1.82, 2.24) is 10.3 Å². The average Bonchev–Trinajstić information content (AvgIpc) is 2.95. The van der Waals surface area contributed by atoms with Gasteiger partial charge in [0, 0.05) is 12.8 Å². The molecule has 0 bridgehead atoms. The lowest BCUT2D eigenvalue weighted by Crippen LogP contribution is -2.26. The Labute approximate surface area is 107 Å². The van der Waals surface area contributed by atoms with Crippen molar-refractivity contribution in [1.29, 1.82) is 0 Å². The van der Waals surface area contributed by atoms with E-state index < -0.39 is 0 Å². The molecule has 0 saturated heterocycles. The van der Waals surface area contributed by atoms with Gasteiger partial charge in [0.25, 0.3) is 0 Å². The van der Waals surface area contributed by atoms with E-state index in [-0.39, 0.29) is 11.3 Å². The molecule has 0 aromatic carbocycles. The molecule has 1 aromatic heterocycles. The van der Waals surface area contributed by atoms with Gasteiger partial charge in [-0.25, -0.2) is 4.98 Å². The van der Waals surface area contributed by atoms with Gasteiger partial charge in [-0.05, 0) is 24.0 Å². The molecule has 1 fully saturated rings. The Balaban J connectivity index is 1.76. The number of aryl methyl sites for hydroxylation is 1. The van der Waals surface area contributed by atoms with Crippen molar-refractivity contribution in [3.05, 3.63) is 17.8 Å². The molecule has 1 aromatic rings. The summed E-state index contributed by atoms with van der Waals surface area (Å²) >= 11 is 4.28. The van der Waals surface area contributed by atoms with E-state index >= 15 is 0 Å². The third-order valence-electron chi connectivity index (χ3n) is 3.21. The molecule has 0 aliphatic heterocycles. The minimum Gasteiger partial charge on any atom is -0.444 e. The van der Waals surface area contributed by atoms with Crippen molar-refractivity contribution in [3.8, 4) is 0 Å². The van der Waals surface area contributed by atoms with Crippen molar-refractivity contribution in [2.75, 3.05) is 5.75 Å². The fourth-order valence-electron chi connectivity index (χ4n) is 1.74. The Bertz CT molecular complexity index is 399. The van der Waals surface area contributed by atoms with Crippen LogP contribution in [0.2, 0.25) is 0 Å². The minimum absolute atomic E-state index is 0.0628. The molecule has 1 N–H and O–H groups in total. The number of hydrogen-bond donors (Lipinski definition) is 2. The Morgan fingerprint density at radius 1 is 1.65 bits per heavy atom. The summed E-state index contributed by atoms with van der Waals surface area (Å²) in [5.74, 6) is 2.28. The van der Waals surface area contributed by atoms with Crippen LogP contribution in [0.5, 0.6) is 0 Å². The van der Waals surface area contributed by atoms with Gasteiger partial charge in [-0.2, -0.15) is 12.6 Å². The molecular formula is C12H18N2O2S. The van der Waals surface area contributed by atoms with E-state index in [4.69, 9.17) is 4.42 Å². The lowest BCUT2D eigenvalue weighted by atomic mass is 10.1. The first kappa shape index (κ1) is 12.5. The lowest BCUT2D eigenvalue weighted by Gasteiger charge is -2.10. The first-order valence-electron chi connectivity index (χ1n) is 5.98. The predicted octanol–water partition coefficient (Wildman–Crippen LogP) is 1.95. The van der Waals surface area contributed by atoms with Gasteiger partial charge in [0.15, 0.2) is 0 Å². The van der Waals surface area contributed by atoms with Gasteiger partial charge in [-0.3, -0.25) is 4.79 Å². The number of nitrogens with one attached hydrogen (secondary N) is 1. The topological polar surface area (TPSA) is 55.1 Å². The number of nitrogens with zero attached hydrogens (tertiary/aromatic N) is 1. The molecule has 0 atom stereocenters. The minimum atomic E-state index is 0.0628. The lowest BCUT2D eigenvalue weighted by molar-refractivity contribution is -0.122. The van der Waals surface area contributed by atoms with Gasteiger partial charge < -0.3 is 9.73 Å². The summed E-state index contributed by atoms with van der Waals surface area (Å²) in [6.45, 7) is 2.38. The number of rotatable bonds is 6. The van der Waals surface area contributed by atoms with Crippen LogP contribution in [-0.4, -0.2) is 16.6 Å². The molecule has 1 amide bonds. The molecule has 1 heterocycles. The molecule has 1 aliphatic carbocycles. The van der Waals surface area contributed by atoms with Crippen LogP contribution in [0.3, 0.4) is 0 Å².